The molecule has 158 valence electrons. The van der Waals surface area contributed by atoms with Gasteiger partial charge in [-0.15, -0.1) is 0 Å². The Bertz CT molecular complexity index is 960. The van der Waals surface area contributed by atoms with Gasteiger partial charge < -0.3 is 19.7 Å². The van der Waals surface area contributed by atoms with E-state index in [-0.39, 0.29) is 17.9 Å². The lowest BCUT2D eigenvalue weighted by Gasteiger charge is -2.35. The topological polar surface area (TPSA) is 67.9 Å². The standard InChI is InChI=1S/C24H28N2O4/c1-4-26-14-19(17-12-21(29-2)22(30-3)13-18(17)24(26)28)23(27)25-20-11-7-9-15-8-5-6-10-16(15)20/h5-6,8,10,12-13,18,20H,4,7,9,11,14H2,1-3H3,(H,25,27). The van der Waals surface area contributed by atoms with E-state index in [4.69, 9.17) is 9.47 Å². The summed E-state index contributed by atoms with van der Waals surface area (Å²) in [5.41, 5.74) is 3.80. The number of likely N-dealkylation sites (N-methyl/N-ethyl adjacent to an activating group) is 1. The number of hydrogen-bond donors (Lipinski definition) is 1. The summed E-state index contributed by atoms with van der Waals surface area (Å²) in [7, 11) is 3.10. The van der Waals surface area contributed by atoms with Gasteiger partial charge in [-0.05, 0) is 55.0 Å². The van der Waals surface area contributed by atoms with Crippen molar-refractivity contribution in [3.8, 4) is 0 Å². The second kappa shape index (κ2) is 8.38. The number of ether oxygens (including phenoxy) is 2. The van der Waals surface area contributed by atoms with Crippen molar-refractivity contribution in [2.75, 3.05) is 27.3 Å². The number of nitrogens with zero attached hydrogens (tertiary/aromatic N) is 1. The third kappa shape index (κ3) is 3.51. The molecule has 0 spiro atoms. The molecule has 2 amide bonds. The Hall–Kier alpha value is -3.02. The molecule has 0 saturated heterocycles. The van der Waals surface area contributed by atoms with Crippen LogP contribution in [0.2, 0.25) is 0 Å². The second-order valence-electron chi connectivity index (χ2n) is 7.83. The van der Waals surface area contributed by atoms with E-state index in [1.54, 1.807) is 31.3 Å². The van der Waals surface area contributed by atoms with Crippen molar-refractivity contribution in [1.29, 1.82) is 0 Å². The van der Waals surface area contributed by atoms with Crippen LogP contribution in [0.3, 0.4) is 0 Å². The number of carbonyl (C=O) groups excluding carboxylic acids is 2. The lowest BCUT2D eigenvalue weighted by Crippen LogP contribution is -2.46. The lowest BCUT2D eigenvalue weighted by atomic mass is 9.83. The summed E-state index contributed by atoms with van der Waals surface area (Å²) in [6.07, 6.45) is 6.53. The molecule has 3 aliphatic rings. The normalized spacial score (nSPS) is 23.2. The minimum atomic E-state index is -0.535. The monoisotopic (exact) mass is 408 g/mol. The summed E-state index contributed by atoms with van der Waals surface area (Å²) in [5.74, 6) is 0.358. The molecule has 2 aliphatic carbocycles. The first-order valence-electron chi connectivity index (χ1n) is 10.5. The van der Waals surface area contributed by atoms with Crippen molar-refractivity contribution in [3.05, 3.63) is 70.2 Å². The van der Waals surface area contributed by atoms with E-state index in [2.05, 4.69) is 17.4 Å². The summed E-state index contributed by atoms with van der Waals surface area (Å²) in [6, 6.07) is 8.28. The fourth-order valence-electron chi connectivity index (χ4n) is 4.61. The molecule has 4 rings (SSSR count). The number of hydrogen-bond acceptors (Lipinski definition) is 4. The maximum atomic E-state index is 13.4. The van der Waals surface area contributed by atoms with Crippen molar-refractivity contribution >= 4 is 11.8 Å². The molecule has 0 radical (unpaired) electrons. The highest BCUT2D eigenvalue weighted by Crippen LogP contribution is 2.36. The number of carbonyl (C=O) groups is 2. The van der Waals surface area contributed by atoms with Gasteiger partial charge in [0.15, 0.2) is 11.5 Å². The summed E-state index contributed by atoms with van der Waals surface area (Å²) in [4.78, 5) is 28.1. The first-order valence-corrected chi connectivity index (χ1v) is 10.5. The predicted octanol–water partition coefficient (Wildman–Crippen LogP) is 3.03. The molecule has 30 heavy (non-hydrogen) atoms. The summed E-state index contributed by atoms with van der Waals surface area (Å²) in [6.45, 7) is 2.77. The SMILES string of the molecule is CCN1CC(C(=O)NC2CCCc3ccccc32)=C2C=C(OC)C(OC)=CC2C1=O. The Morgan fingerprint density at radius 1 is 1.20 bits per heavy atom. The first kappa shape index (κ1) is 20.3. The smallest absolute Gasteiger partial charge is 0.249 e. The molecule has 0 bridgehead atoms. The Morgan fingerprint density at radius 2 is 1.97 bits per heavy atom. The zero-order valence-electron chi connectivity index (χ0n) is 17.7. The first-order chi connectivity index (χ1) is 14.6. The zero-order valence-corrected chi connectivity index (χ0v) is 17.7. The van der Waals surface area contributed by atoms with E-state index in [1.165, 1.54) is 11.1 Å². The van der Waals surface area contributed by atoms with Gasteiger partial charge >= 0.3 is 0 Å². The molecule has 2 atom stereocenters. The van der Waals surface area contributed by atoms with E-state index >= 15 is 0 Å². The zero-order chi connectivity index (χ0) is 21.3. The van der Waals surface area contributed by atoms with Crippen LogP contribution in [0.4, 0.5) is 0 Å². The predicted molar refractivity (Wildman–Crippen MR) is 113 cm³/mol. The number of aryl methyl sites for hydroxylation is 1. The maximum Gasteiger partial charge on any atom is 0.249 e. The molecule has 1 heterocycles. The van der Waals surface area contributed by atoms with Gasteiger partial charge in [-0.1, -0.05) is 24.3 Å². The maximum absolute atomic E-state index is 13.4. The number of fused-ring (bicyclic) bond motifs is 2. The Morgan fingerprint density at radius 3 is 2.70 bits per heavy atom. The van der Waals surface area contributed by atoms with E-state index < -0.39 is 5.92 Å². The Kier molecular flexibility index (Phi) is 5.66. The van der Waals surface area contributed by atoms with Crippen LogP contribution < -0.4 is 5.32 Å². The van der Waals surface area contributed by atoms with Crippen LogP contribution in [0.15, 0.2) is 59.1 Å². The van der Waals surface area contributed by atoms with Crippen molar-refractivity contribution in [3.63, 3.8) is 0 Å². The van der Waals surface area contributed by atoms with Crippen LogP contribution in [-0.2, 0) is 25.5 Å². The Balaban J connectivity index is 1.69. The molecule has 1 aromatic rings. The highest BCUT2D eigenvalue weighted by atomic mass is 16.5. The van der Waals surface area contributed by atoms with Crippen LogP contribution >= 0.6 is 0 Å². The second-order valence-corrected chi connectivity index (χ2v) is 7.83. The van der Waals surface area contributed by atoms with Crippen LogP contribution in [0.25, 0.3) is 0 Å². The third-order valence-electron chi connectivity index (χ3n) is 6.23. The van der Waals surface area contributed by atoms with Crippen molar-refractivity contribution < 1.29 is 19.1 Å². The fourth-order valence-corrected chi connectivity index (χ4v) is 4.61. The van der Waals surface area contributed by atoms with Gasteiger partial charge in [0.05, 0.1) is 32.7 Å². The molecular formula is C24H28N2O4. The van der Waals surface area contributed by atoms with Gasteiger partial charge in [0.1, 0.15) is 0 Å². The molecule has 0 fully saturated rings. The minimum Gasteiger partial charge on any atom is -0.493 e. The summed E-state index contributed by atoms with van der Waals surface area (Å²) >= 11 is 0. The van der Waals surface area contributed by atoms with Crippen LogP contribution in [0.1, 0.15) is 36.9 Å². The van der Waals surface area contributed by atoms with Gasteiger partial charge in [-0.3, -0.25) is 9.59 Å². The van der Waals surface area contributed by atoms with Gasteiger partial charge in [0, 0.05) is 12.1 Å². The average Bonchev–Trinajstić information content (AvgIpc) is 2.78. The molecular weight excluding hydrogens is 380 g/mol. The van der Waals surface area contributed by atoms with E-state index in [9.17, 15) is 9.59 Å². The highest BCUT2D eigenvalue weighted by molar-refractivity contribution is 6.00. The van der Waals surface area contributed by atoms with E-state index in [1.807, 2.05) is 19.1 Å². The number of methoxy groups -OCH3 is 2. The Labute approximate surface area is 177 Å². The van der Waals surface area contributed by atoms with Crippen LogP contribution in [-0.4, -0.2) is 44.0 Å². The van der Waals surface area contributed by atoms with Gasteiger partial charge in [0.25, 0.3) is 0 Å². The molecule has 6 heteroatoms. The molecule has 2 unspecified atom stereocenters. The number of rotatable bonds is 5. The fraction of sp³-hybridized carbons (Fsp3) is 0.417. The minimum absolute atomic E-state index is 0.0127. The molecule has 1 aromatic carbocycles. The number of allylic oxidation sites excluding steroid dienone is 1. The average molecular weight is 408 g/mol. The number of benzene rings is 1. The van der Waals surface area contributed by atoms with Gasteiger partial charge in [-0.25, -0.2) is 0 Å². The molecule has 1 N–H and O–H groups in total. The molecule has 0 aromatic heterocycles. The lowest BCUT2D eigenvalue weighted by molar-refractivity contribution is -0.133. The van der Waals surface area contributed by atoms with Gasteiger partial charge in [-0.2, -0.15) is 0 Å². The van der Waals surface area contributed by atoms with Crippen LogP contribution in [0, 0.1) is 5.92 Å². The summed E-state index contributed by atoms with van der Waals surface area (Å²) in [5, 5.41) is 3.24. The van der Waals surface area contributed by atoms with Crippen molar-refractivity contribution in [2.24, 2.45) is 5.92 Å². The number of nitrogens with one attached hydrogen (secondary N) is 1. The molecule has 0 saturated carbocycles. The number of amides is 2. The molecule has 6 nitrogen and oxygen atoms in total. The quantitative estimate of drug-likeness (QED) is 0.813. The van der Waals surface area contributed by atoms with Crippen molar-refractivity contribution in [2.45, 2.75) is 32.2 Å². The molecule has 1 aliphatic heterocycles. The van der Waals surface area contributed by atoms with E-state index in [0.717, 1.165) is 19.3 Å². The van der Waals surface area contributed by atoms with Crippen molar-refractivity contribution in [1.82, 2.24) is 10.2 Å². The van der Waals surface area contributed by atoms with Crippen LogP contribution in [0.5, 0.6) is 0 Å². The van der Waals surface area contributed by atoms with E-state index in [0.29, 0.717) is 35.8 Å². The van der Waals surface area contributed by atoms with Gasteiger partial charge in [0.2, 0.25) is 11.8 Å². The highest BCUT2D eigenvalue weighted by Gasteiger charge is 2.38. The summed E-state index contributed by atoms with van der Waals surface area (Å²) < 4.78 is 10.8. The largest absolute Gasteiger partial charge is 0.493 e. The third-order valence-corrected chi connectivity index (χ3v) is 6.23.